The zero-order valence-electron chi connectivity index (χ0n) is 15.5. The third kappa shape index (κ3) is 11.3. The molecule has 0 aliphatic carbocycles. The number of nitrogens with one attached hydrogen (secondary N) is 2. The molecular formula is C17H30Cl2N4O3. The monoisotopic (exact) mass is 408 g/mol. The topological polar surface area (TPSA) is 106 Å². The fourth-order valence-electron chi connectivity index (χ4n) is 2.45. The van der Waals surface area contributed by atoms with E-state index in [9.17, 15) is 9.59 Å². The molecular weight excluding hydrogens is 379 g/mol. The number of ether oxygens (including phenoxy) is 1. The van der Waals surface area contributed by atoms with Crippen molar-refractivity contribution in [3.8, 4) is 0 Å². The van der Waals surface area contributed by atoms with Crippen LogP contribution in [0.5, 0.6) is 0 Å². The summed E-state index contributed by atoms with van der Waals surface area (Å²) in [6.45, 7) is 6.44. The SMILES string of the molecule is CC(C)CC(C)(CN)NC(=O)COCC(=O)NCc1cccnc1.Cl.Cl. The molecule has 150 valence electrons. The summed E-state index contributed by atoms with van der Waals surface area (Å²) in [6, 6.07) is 3.66. The van der Waals surface area contributed by atoms with Gasteiger partial charge in [-0.15, -0.1) is 24.8 Å². The van der Waals surface area contributed by atoms with Gasteiger partial charge in [0.2, 0.25) is 11.8 Å². The Morgan fingerprint density at radius 3 is 2.46 bits per heavy atom. The zero-order chi connectivity index (χ0) is 18.0. The average Bonchev–Trinajstić information content (AvgIpc) is 2.53. The lowest BCUT2D eigenvalue weighted by atomic mass is 9.91. The lowest BCUT2D eigenvalue weighted by molar-refractivity contribution is -0.132. The van der Waals surface area contributed by atoms with Crippen LogP contribution in [0.3, 0.4) is 0 Å². The molecule has 1 aromatic heterocycles. The lowest BCUT2D eigenvalue weighted by Crippen LogP contribution is -2.53. The normalized spacial score (nSPS) is 12.3. The van der Waals surface area contributed by atoms with Crippen molar-refractivity contribution in [3.63, 3.8) is 0 Å². The van der Waals surface area contributed by atoms with E-state index in [0.717, 1.165) is 12.0 Å². The highest BCUT2D eigenvalue weighted by Gasteiger charge is 2.25. The van der Waals surface area contributed by atoms with E-state index >= 15 is 0 Å². The van der Waals surface area contributed by atoms with Gasteiger partial charge in [0.05, 0.1) is 0 Å². The molecule has 26 heavy (non-hydrogen) atoms. The summed E-state index contributed by atoms with van der Waals surface area (Å²) in [5, 5.41) is 5.58. The van der Waals surface area contributed by atoms with Crippen LogP contribution in [0, 0.1) is 5.92 Å². The number of hydrogen-bond donors (Lipinski definition) is 3. The summed E-state index contributed by atoms with van der Waals surface area (Å²) in [4.78, 5) is 27.6. The molecule has 0 bridgehead atoms. The summed E-state index contributed by atoms with van der Waals surface area (Å²) in [5.74, 6) is -0.142. The number of halogens is 2. The van der Waals surface area contributed by atoms with Crippen LogP contribution in [-0.2, 0) is 20.9 Å². The smallest absolute Gasteiger partial charge is 0.246 e. The molecule has 1 rings (SSSR count). The van der Waals surface area contributed by atoms with E-state index in [4.69, 9.17) is 10.5 Å². The predicted molar refractivity (Wildman–Crippen MR) is 106 cm³/mol. The number of pyridine rings is 1. The number of rotatable bonds is 10. The number of nitrogens with two attached hydrogens (primary N) is 1. The van der Waals surface area contributed by atoms with Crippen LogP contribution in [0.4, 0.5) is 0 Å². The van der Waals surface area contributed by atoms with Crippen LogP contribution in [0.2, 0.25) is 0 Å². The van der Waals surface area contributed by atoms with Crippen molar-refractivity contribution >= 4 is 36.6 Å². The van der Waals surface area contributed by atoms with E-state index in [1.165, 1.54) is 0 Å². The number of hydrogen-bond acceptors (Lipinski definition) is 5. The minimum absolute atomic E-state index is 0. The summed E-state index contributed by atoms with van der Waals surface area (Å²) >= 11 is 0. The molecule has 0 aromatic carbocycles. The number of carbonyl (C=O) groups is 2. The van der Waals surface area contributed by atoms with Crippen LogP contribution < -0.4 is 16.4 Å². The van der Waals surface area contributed by atoms with Gasteiger partial charge in [-0.1, -0.05) is 19.9 Å². The first-order valence-electron chi connectivity index (χ1n) is 8.09. The minimum Gasteiger partial charge on any atom is -0.362 e. The summed E-state index contributed by atoms with van der Waals surface area (Å²) in [5.41, 5.74) is 6.19. The van der Waals surface area contributed by atoms with E-state index in [1.54, 1.807) is 18.5 Å². The largest absolute Gasteiger partial charge is 0.362 e. The Labute approximate surface area is 167 Å². The van der Waals surface area contributed by atoms with Crippen molar-refractivity contribution in [2.24, 2.45) is 11.7 Å². The van der Waals surface area contributed by atoms with E-state index in [-0.39, 0.29) is 49.8 Å². The second-order valence-corrected chi connectivity index (χ2v) is 6.54. The Bertz CT molecular complexity index is 532. The van der Waals surface area contributed by atoms with Gasteiger partial charge >= 0.3 is 0 Å². The number of nitrogens with zero attached hydrogens (tertiary/aromatic N) is 1. The van der Waals surface area contributed by atoms with Crippen LogP contribution in [0.15, 0.2) is 24.5 Å². The molecule has 0 aliphatic heterocycles. The maximum atomic E-state index is 11.9. The molecule has 4 N–H and O–H groups in total. The Balaban J connectivity index is 0. The predicted octanol–water partition coefficient (Wildman–Crippen LogP) is 1.44. The Morgan fingerprint density at radius 1 is 1.27 bits per heavy atom. The molecule has 0 saturated heterocycles. The maximum absolute atomic E-state index is 11.9. The van der Waals surface area contributed by atoms with E-state index in [2.05, 4.69) is 29.5 Å². The first kappa shape index (κ1) is 26.8. The zero-order valence-corrected chi connectivity index (χ0v) is 17.1. The van der Waals surface area contributed by atoms with Gasteiger partial charge in [-0.05, 0) is 30.9 Å². The first-order valence-corrected chi connectivity index (χ1v) is 8.09. The lowest BCUT2D eigenvalue weighted by Gasteiger charge is -2.31. The number of amides is 2. The van der Waals surface area contributed by atoms with Crippen molar-refractivity contribution in [3.05, 3.63) is 30.1 Å². The molecule has 7 nitrogen and oxygen atoms in total. The van der Waals surface area contributed by atoms with E-state index < -0.39 is 5.54 Å². The Kier molecular flexibility index (Phi) is 14.2. The molecule has 9 heteroatoms. The second kappa shape index (κ2) is 13.7. The van der Waals surface area contributed by atoms with E-state index in [1.807, 2.05) is 13.0 Å². The highest BCUT2D eigenvalue weighted by atomic mass is 35.5. The fourth-order valence-corrected chi connectivity index (χ4v) is 2.45. The fraction of sp³-hybridized carbons (Fsp3) is 0.588. The van der Waals surface area contributed by atoms with Crippen LogP contribution in [0.1, 0.15) is 32.8 Å². The van der Waals surface area contributed by atoms with Crippen LogP contribution >= 0.6 is 24.8 Å². The van der Waals surface area contributed by atoms with Crippen molar-refractivity contribution in [2.75, 3.05) is 19.8 Å². The van der Waals surface area contributed by atoms with Gasteiger partial charge in [0, 0.05) is 31.0 Å². The highest BCUT2D eigenvalue weighted by molar-refractivity contribution is 5.85. The van der Waals surface area contributed by atoms with Gasteiger partial charge < -0.3 is 21.1 Å². The third-order valence-electron chi connectivity index (χ3n) is 3.43. The molecule has 0 aliphatic rings. The molecule has 0 fully saturated rings. The molecule has 1 atom stereocenters. The van der Waals surface area contributed by atoms with E-state index in [0.29, 0.717) is 19.0 Å². The third-order valence-corrected chi connectivity index (χ3v) is 3.43. The van der Waals surface area contributed by atoms with Crippen LogP contribution in [0.25, 0.3) is 0 Å². The van der Waals surface area contributed by atoms with Crippen molar-refractivity contribution < 1.29 is 14.3 Å². The average molecular weight is 409 g/mol. The van der Waals surface area contributed by atoms with Gasteiger partial charge in [0.15, 0.2) is 0 Å². The quantitative estimate of drug-likeness (QED) is 0.542. The molecule has 1 aromatic rings. The molecule has 0 radical (unpaired) electrons. The summed E-state index contributed by atoms with van der Waals surface area (Å²) < 4.78 is 5.16. The first-order chi connectivity index (χ1) is 11.3. The van der Waals surface area contributed by atoms with Crippen molar-refractivity contribution in [1.29, 1.82) is 0 Å². The molecule has 0 saturated carbocycles. The summed E-state index contributed by atoms with van der Waals surface area (Å²) in [6.07, 6.45) is 4.12. The van der Waals surface area contributed by atoms with Gasteiger partial charge in [0.25, 0.3) is 0 Å². The van der Waals surface area contributed by atoms with Crippen molar-refractivity contribution in [1.82, 2.24) is 15.6 Å². The Hall–Kier alpha value is -1.41. The number of carbonyl (C=O) groups excluding carboxylic acids is 2. The van der Waals surface area contributed by atoms with Gasteiger partial charge in [0.1, 0.15) is 13.2 Å². The molecule has 0 spiro atoms. The van der Waals surface area contributed by atoms with Gasteiger partial charge in [-0.3, -0.25) is 14.6 Å². The number of aromatic nitrogens is 1. The molecule has 1 heterocycles. The van der Waals surface area contributed by atoms with Crippen LogP contribution in [-0.4, -0.2) is 42.1 Å². The summed E-state index contributed by atoms with van der Waals surface area (Å²) in [7, 11) is 0. The maximum Gasteiger partial charge on any atom is 0.246 e. The Morgan fingerprint density at radius 2 is 1.92 bits per heavy atom. The van der Waals surface area contributed by atoms with Gasteiger partial charge in [-0.2, -0.15) is 0 Å². The minimum atomic E-state index is -0.461. The molecule has 1 unspecified atom stereocenters. The second-order valence-electron chi connectivity index (χ2n) is 6.54. The highest BCUT2D eigenvalue weighted by Crippen LogP contribution is 2.14. The standard InChI is InChI=1S/C17H28N4O3.2ClH/c1-13(2)7-17(3,12-18)21-16(23)11-24-10-15(22)20-9-14-5-4-6-19-8-14;;/h4-6,8,13H,7,9-12,18H2,1-3H3,(H,20,22)(H,21,23);2*1H. The van der Waals surface area contributed by atoms with Gasteiger partial charge in [-0.25, -0.2) is 0 Å². The van der Waals surface area contributed by atoms with Crippen molar-refractivity contribution in [2.45, 2.75) is 39.3 Å². The molecule has 2 amide bonds.